The van der Waals surface area contributed by atoms with Crippen molar-refractivity contribution < 1.29 is 14.6 Å². The number of carboxylic acids is 1. The SMILES string of the molecule is Cc1cc(C)c(C2NC3=CC=CCC3C3OCC=CC23)c(C(=O)O)c1. The Kier molecular flexibility index (Phi) is 4.00. The van der Waals surface area contributed by atoms with Gasteiger partial charge in [-0.15, -0.1) is 0 Å². The Hall–Kier alpha value is -2.33. The van der Waals surface area contributed by atoms with Gasteiger partial charge in [0.05, 0.1) is 24.3 Å². The molecule has 25 heavy (non-hydrogen) atoms. The van der Waals surface area contributed by atoms with Crippen molar-refractivity contribution in [1.29, 1.82) is 0 Å². The molecule has 130 valence electrons. The monoisotopic (exact) mass is 337 g/mol. The van der Waals surface area contributed by atoms with Gasteiger partial charge in [0.25, 0.3) is 0 Å². The molecular weight excluding hydrogens is 314 g/mol. The van der Waals surface area contributed by atoms with E-state index in [1.165, 1.54) is 0 Å². The van der Waals surface area contributed by atoms with Crippen molar-refractivity contribution in [3.63, 3.8) is 0 Å². The van der Waals surface area contributed by atoms with Crippen molar-refractivity contribution >= 4 is 5.97 Å². The molecule has 1 saturated heterocycles. The van der Waals surface area contributed by atoms with Gasteiger partial charge in [0.2, 0.25) is 0 Å². The molecule has 4 atom stereocenters. The summed E-state index contributed by atoms with van der Waals surface area (Å²) in [6, 6.07) is 3.74. The zero-order valence-electron chi connectivity index (χ0n) is 14.5. The number of aromatic carboxylic acids is 1. The van der Waals surface area contributed by atoms with Crippen LogP contribution in [-0.4, -0.2) is 23.8 Å². The Bertz CT molecular complexity index is 806. The lowest BCUT2D eigenvalue weighted by Crippen LogP contribution is -2.50. The predicted molar refractivity (Wildman–Crippen MR) is 96.5 cm³/mol. The molecule has 0 spiro atoms. The maximum atomic E-state index is 11.9. The second-order valence-electron chi connectivity index (χ2n) is 7.17. The van der Waals surface area contributed by atoms with E-state index < -0.39 is 5.97 Å². The quantitative estimate of drug-likeness (QED) is 0.808. The van der Waals surface area contributed by atoms with Gasteiger partial charge in [-0.25, -0.2) is 4.79 Å². The molecule has 0 aromatic heterocycles. The standard InChI is InChI=1S/C21H23NO3/c1-12-10-13(2)18(16(11-12)21(23)24)19-15-7-5-9-25-20(15)14-6-3-4-8-17(14)22-19/h3-5,7-8,10-11,14-15,19-20,22H,6,9H2,1-2H3,(H,23,24). The van der Waals surface area contributed by atoms with Gasteiger partial charge in [-0.2, -0.15) is 0 Å². The highest BCUT2D eigenvalue weighted by molar-refractivity contribution is 5.90. The minimum atomic E-state index is -0.875. The molecule has 0 bridgehead atoms. The lowest BCUT2D eigenvalue weighted by atomic mass is 9.72. The largest absolute Gasteiger partial charge is 0.478 e. The van der Waals surface area contributed by atoms with Crippen molar-refractivity contribution in [2.45, 2.75) is 32.4 Å². The minimum Gasteiger partial charge on any atom is -0.478 e. The van der Waals surface area contributed by atoms with Gasteiger partial charge >= 0.3 is 5.97 Å². The molecule has 1 aliphatic carbocycles. The van der Waals surface area contributed by atoms with Crippen LogP contribution in [0.1, 0.15) is 39.5 Å². The van der Waals surface area contributed by atoms with Crippen molar-refractivity contribution in [3.8, 4) is 0 Å². The van der Waals surface area contributed by atoms with Crippen LogP contribution in [0.5, 0.6) is 0 Å². The molecule has 4 rings (SSSR count). The number of fused-ring (bicyclic) bond motifs is 3. The van der Waals surface area contributed by atoms with Gasteiger partial charge in [-0.1, -0.05) is 30.4 Å². The summed E-state index contributed by atoms with van der Waals surface area (Å²) in [4.78, 5) is 11.9. The molecule has 4 nitrogen and oxygen atoms in total. The van der Waals surface area contributed by atoms with Crippen LogP contribution in [-0.2, 0) is 4.74 Å². The highest BCUT2D eigenvalue weighted by atomic mass is 16.5. The number of hydrogen-bond acceptors (Lipinski definition) is 3. The maximum Gasteiger partial charge on any atom is 0.336 e. The molecule has 3 aliphatic rings. The normalized spacial score (nSPS) is 30.1. The Morgan fingerprint density at radius 3 is 2.92 bits per heavy atom. The number of hydrogen-bond donors (Lipinski definition) is 2. The third-order valence-electron chi connectivity index (χ3n) is 5.50. The number of carbonyl (C=O) groups is 1. The van der Waals surface area contributed by atoms with Crippen molar-refractivity contribution in [1.82, 2.24) is 5.32 Å². The Balaban J connectivity index is 1.85. The Labute approximate surface area is 147 Å². The van der Waals surface area contributed by atoms with Gasteiger partial charge in [0.1, 0.15) is 0 Å². The highest BCUT2D eigenvalue weighted by Crippen LogP contribution is 2.44. The fraction of sp³-hybridized carbons (Fsp3) is 0.381. The van der Waals surface area contributed by atoms with E-state index in [2.05, 4.69) is 35.7 Å². The number of ether oxygens (including phenoxy) is 1. The first-order valence-electron chi connectivity index (χ1n) is 8.82. The summed E-state index contributed by atoms with van der Waals surface area (Å²) in [6.07, 6.45) is 11.6. The van der Waals surface area contributed by atoms with Crippen molar-refractivity contribution in [2.75, 3.05) is 6.61 Å². The predicted octanol–water partition coefficient (Wildman–Crippen LogP) is 3.68. The third kappa shape index (κ3) is 2.71. The molecule has 1 aromatic rings. The smallest absolute Gasteiger partial charge is 0.336 e. The molecule has 4 unspecified atom stereocenters. The van der Waals surface area contributed by atoms with E-state index in [1.54, 1.807) is 6.07 Å². The van der Waals surface area contributed by atoms with Crippen LogP contribution >= 0.6 is 0 Å². The number of nitrogens with one attached hydrogen (secondary N) is 1. The summed E-state index contributed by atoms with van der Waals surface area (Å²) in [5.41, 5.74) is 4.40. The fourth-order valence-electron chi connectivity index (χ4n) is 4.51. The van der Waals surface area contributed by atoms with Crippen molar-refractivity contribution in [2.24, 2.45) is 11.8 Å². The molecule has 1 aromatic carbocycles. The summed E-state index contributed by atoms with van der Waals surface area (Å²) in [6.45, 7) is 4.56. The highest BCUT2D eigenvalue weighted by Gasteiger charge is 2.44. The molecule has 0 saturated carbocycles. The van der Waals surface area contributed by atoms with Crippen LogP contribution in [0.25, 0.3) is 0 Å². The summed E-state index contributed by atoms with van der Waals surface area (Å²) < 4.78 is 6.12. The van der Waals surface area contributed by atoms with E-state index in [9.17, 15) is 9.90 Å². The molecule has 0 radical (unpaired) electrons. The van der Waals surface area contributed by atoms with Gasteiger partial charge in [0, 0.05) is 17.5 Å². The number of rotatable bonds is 2. The topological polar surface area (TPSA) is 58.6 Å². The minimum absolute atomic E-state index is 0.0785. The van der Waals surface area contributed by atoms with Crippen LogP contribution in [0.4, 0.5) is 0 Å². The zero-order chi connectivity index (χ0) is 17.6. The molecular formula is C21H23NO3. The molecule has 2 N–H and O–H groups in total. The first-order valence-corrected chi connectivity index (χ1v) is 8.82. The van der Waals surface area contributed by atoms with Gasteiger partial charge < -0.3 is 15.2 Å². The second-order valence-corrected chi connectivity index (χ2v) is 7.17. The average Bonchev–Trinajstić information content (AvgIpc) is 2.60. The third-order valence-corrected chi connectivity index (χ3v) is 5.50. The van der Waals surface area contributed by atoms with Gasteiger partial charge in [-0.05, 0) is 49.1 Å². The number of piperidine rings is 1. The number of allylic oxidation sites excluding steroid dienone is 3. The fourth-order valence-corrected chi connectivity index (χ4v) is 4.51. The van der Waals surface area contributed by atoms with E-state index in [1.807, 2.05) is 19.9 Å². The molecule has 1 fully saturated rings. The number of benzene rings is 1. The lowest BCUT2D eigenvalue weighted by molar-refractivity contribution is -0.0257. The van der Waals surface area contributed by atoms with Gasteiger partial charge in [0.15, 0.2) is 0 Å². The average molecular weight is 337 g/mol. The summed E-state index contributed by atoms with van der Waals surface area (Å²) in [5, 5.41) is 13.4. The number of aryl methyl sites for hydroxylation is 2. The van der Waals surface area contributed by atoms with Crippen LogP contribution in [0.2, 0.25) is 0 Å². The van der Waals surface area contributed by atoms with E-state index >= 15 is 0 Å². The first-order chi connectivity index (χ1) is 12.1. The summed E-state index contributed by atoms with van der Waals surface area (Å²) in [5.74, 6) is -0.433. The van der Waals surface area contributed by atoms with Crippen LogP contribution < -0.4 is 5.32 Å². The lowest BCUT2D eigenvalue weighted by Gasteiger charge is -2.47. The zero-order valence-corrected chi connectivity index (χ0v) is 14.5. The van der Waals surface area contributed by atoms with Crippen molar-refractivity contribution in [3.05, 3.63) is 70.5 Å². The van der Waals surface area contributed by atoms with E-state index in [0.29, 0.717) is 18.1 Å². The first kappa shape index (κ1) is 16.2. The van der Waals surface area contributed by atoms with E-state index in [-0.39, 0.29) is 18.1 Å². The molecule has 0 amide bonds. The van der Waals surface area contributed by atoms with Crippen LogP contribution in [0.3, 0.4) is 0 Å². The van der Waals surface area contributed by atoms with E-state index in [0.717, 1.165) is 28.8 Å². The second kappa shape index (κ2) is 6.19. The van der Waals surface area contributed by atoms with Gasteiger partial charge in [-0.3, -0.25) is 0 Å². The maximum absolute atomic E-state index is 11.9. The number of carboxylic acid groups (broad SMARTS) is 1. The molecule has 2 aliphatic heterocycles. The summed E-state index contributed by atoms with van der Waals surface area (Å²) >= 11 is 0. The molecule has 2 heterocycles. The summed E-state index contributed by atoms with van der Waals surface area (Å²) in [7, 11) is 0. The Morgan fingerprint density at radius 1 is 1.28 bits per heavy atom. The van der Waals surface area contributed by atoms with Crippen LogP contribution in [0, 0.1) is 25.7 Å². The molecule has 4 heteroatoms. The van der Waals surface area contributed by atoms with Crippen LogP contribution in [0.15, 0.2) is 48.2 Å². The van der Waals surface area contributed by atoms with E-state index in [4.69, 9.17) is 4.74 Å². The Morgan fingerprint density at radius 2 is 2.12 bits per heavy atom.